The largest absolute Gasteiger partial charge is 0.481 e. The molecule has 3 amide bonds. The lowest BCUT2D eigenvalue weighted by atomic mass is 10.2. The number of nitrogens with one attached hydrogen (secondary N) is 2. The van der Waals surface area contributed by atoms with E-state index in [9.17, 15) is 14.4 Å². The van der Waals surface area contributed by atoms with E-state index in [1.165, 1.54) is 4.90 Å². The maximum atomic E-state index is 11.8. The number of rotatable bonds is 8. The van der Waals surface area contributed by atoms with Crippen LogP contribution in [0.3, 0.4) is 0 Å². The molecule has 7 heteroatoms. The van der Waals surface area contributed by atoms with Crippen LogP contribution >= 0.6 is 0 Å². The minimum Gasteiger partial charge on any atom is -0.481 e. The van der Waals surface area contributed by atoms with Gasteiger partial charge in [0, 0.05) is 26.6 Å². The van der Waals surface area contributed by atoms with Crippen LogP contribution in [0, 0.1) is 5.92 Å². The second-order valence-electron chi connectivity index (χ2n) is 5.23. The smallest absolute Gasteiger partial charge is 0.317 e. The number of hydrogen-bond donors (Lipinski definition) is 3. The first-order valence-electron chi connectivity index (χ1n) is 6.75. The van der Waals surface area contributed by atoms with Crippen molar-refractivity contribution in [3.8, 4) is 0 Å². The summed E-state index contributed by atoms with van der Waals surface area (Å²) in [5, 5.41) is 13.8. The first kappa shape index (κ1) is 18.2. The van der Waals surface area contributed by atoms with E-state index in [0.29, 0.717) is 25.4 Å². The summed E-state index contributed by atoms with van der Waals surface area (Å²) >= 11 is 0. The van der Waals surface area contributed by atoms with Gasteiger partial charge >= 0.3 is 12.0 Å². The summed E-state index contributed by atoms with van der Waals surface area (Å²) in [6.45, 7) is 6.48. The van der Waals surface area contributed by atoms with Crippen LogP contribution in [0.1, 0.15) is 33.6 Å². The molecule has 1 atom stereocenters. The first-order valence-corrected chi connectivity index (χ1v) is 6.75. The SMILES string of the molecule is CC(C)CNC(=O)C(C)NC(=O)N(C)CCCC(=O)O. The fourth-order valence-corrected chi connectivity index (χ4v) is 1.39. The number of carboxylic acid groups (broad SMARTS) is 1. The Bertz CT molecular complexity index is 345. The molecular weight excluding hydrogens is 262 g/mol. The third-order valence-corrected chi connectivity index (χ3v) is 2.65. The van der Waals surface area contributed by atoms with Crippen molar-refractivity contribution >= 4 is 17.9 Å². The summed E-state index contributed by atoms with van der Waals surface area (Å²) < 4.78 is 0. The summed E-state index contributed by atoms with van der Waals surface area (Å²) in [7, 11) is 1.57. The number of carbonyl (C=O) groups is 3. The van der Waals surface area contributed by atoms with Crippen molar-refractivity contribution in [3.05, 3.63) is 0 Å². The van der Waals surface area contributed by atoms with Gasteiger partial charge in [0.15, 0.2) is 0 Å². The van der Waals surface area contributed by atoms with E-state index in [1.54, 1.807) is 14.0 Å². The molecule has 7 nitrogen and oxygen atoms in total. The predicted molar refractivity (Wildman–Crippen MR) is 75.3 cm³/mol. The Morgan fingerprint density at radius 3 is 2.30 bits per heavy atom. The molecule has 0 aromatic rings. The summed E-state index contributed by atoms with van der Waals surface area (Å²) in [4.78, 5) is 35.2. The van der Waals surface area contributed by atoms with Gasteiger partial charge in [0.25, 0.3) is 0 Å². The van der Waals surface area contributed by atoms with Crippen molar-refractivity contribution in [3.63, 3.8) is 0 Å². The van der Waals surface area contributed by atoms with Crippen molar-refractivity contribution < 1.29 is 19.5 Å². The number of aliphatic carboxylic acids is 1. The normalized spacial score (nSPS) is 11.8. The lowest BCUT2D eigenvalue weighted by Crippen LogP contribution is -2.49. The number of carboxylic acids is 1. The molecule has 20 heavy (non-hydrogen) atoms. The number of urea groups is 1. The van der Waals surface area contributed by atoms with Crippen LogP contribution in [0.25, 0.3) is 0 Å². The van der Waals surface area contributed by atoms with E-state index in [1.807, 2.05) is 13.8 Å². The standard InChI is InChI=1S/C13H25N3O4/c1-9(2)8-14-12(19)10(3)15-13(20)16(4)7-5-6-11(17)18/h9-10H,5-8H2,1-4H3,(H,14,19)(H,15,20)(H,17,18). The Balaban J connectivity index is 4.04. The van der Waals surface area contributed by atoms with Gasteiger partial charge in [-0.3, -0.25) is 9.59 Å². The minimum atomic E-state index is -0.889. The summed E-state index contributed by atoms with van der Waals surface area (Å²) in [5.41, 5.74) is 0. The van der Waals surface area contributed by atoms with Crippen LogP contribution in [-0.2, 0) is 9.59 Å². The highest BCUT2D eigenvalue weighted by Crippen LogP contribution is 1.95. The van der Waals surface area contributed by atoms with Crippen LogP contribution < -0.4 is 10.6 Å². The van der Waals surface area contributed by atoms with Crippen molar-refractivity contribution in [2.24, 2.45) is 5.92 Å². The second kappa shape index (κ2) is 9.17. The molecule has 0 aromatic carbocycles. The van der Waals surface area contributed by atoms with Crippen LogP contribution in [0.5, 0.6) is 0 Å². The van der Waals surface area contributed by atoms with E-state index < -0.39 is 12.0 Å². The lowest BCUT2D eigenvalue weighted by molar-refractivity contribution is -0.137. The highest BCUT2D eigenvalue weighted by molar-refractivity contribution is 5.86. The van der Waals surface area contributed by atoms with Gasteiger partial charge in [0.1, 0.15) is 6.04 Å². The predicted octanol–water partition coefficient (Wildman–Crippen LogP) is 0.653. The van der Waals surface area contributed by atoms with Crippen LogP contribution in [0.2, 0.25) is 0 Å². The van der Waals surface area contributed by atoms with Crippen molar-refractivity contribution in [2.75, 3.05) is 20.1 Å². The fourth-order valence-electron chi connectivity index (χ4n) is 1.39. The van der Waals surface area contributed by atoms with Gasteiger partial charge in [-0.2, -0.15) is 0 Å². The zero-order valence-electron chi connectivity index (χ0n) is 12.6. The Kier molecular flexibility index (Phi) is 8.35. The Hall–Kier alpha value is -1.79. The number of hydrogen-bond acceptors (Lipinski definition) is 3. The van der Waals surface area contributed by atoms with Crippen LogP contribution in [0.15, 0.2) is 0 Å². The molecule has 0 bridgehead atoms. The van der Waals surface area contributed by atoms with Gasteiger partial charge in [0.05, 0.1) is 0 Å². The Morgan fingerprint density at radius 1 is 1.20 bits per heavy atom. The molecule has 3 N–H and O–H groups in total. The molecule has 0 fully saturated rings. The molecule has 0 aliphatic carbocycles. The lowest BCUT2D eigenvalue weighted by Gasteiger charge is -2.21. The Morgan fingerprint density at radius 2 is 1.80 bits per heavy atom. The molecule has 0 saturated heterocycles. The molecule has 0 rings (SSSR count). The van der Waals surface area contributed by atoms with E-state index in [4.69, 9.17) is 5.11 Å². The maximum Gasteiger partial charge on any atom is 0.317 e. The molecule has 116 valence electrons. The maximum absolute atomic E-state index is 11.8. The van der Waals surface area contributed by atoms with Gasteiger partial charge in [-0.1, -0.05) is 13.8 Å². The summed E-state index contributed by atoms with van der Waals surface area (Å²) in [5.74, 6) is -0.772. The highest BCUT2D eigenvalue weighted by Gasteiger charge is 2.17. The monoisotopic (exact) mass is 287 g/mol. The van der Waals surface area contributed by atoms with Gasteiger partial charge in [-0.05, 0) is 19.3 Å². The van der Waals surface area contributed by atoms with Gasteiger partial charge in [-0.15, -0.1) is 0 Å². The summed E-state index contributed by atoms with van der Waals surface area (Å²) in [6, 6.07) is -1.01. The van der Waals surface area contributed by atoms with Crippen LogP contribution in [-0.4, -0.2) is 54.1 Å². The third-order valence-electron chi connectivity index (χ3n) is 2.65. The minimum absolute atomic E-state index is 0.0159. The topological polar surface area (TPSA) is 98.7 Å². The number of nitrogens with zero attached hydrogens (tertiary/aromatic N) is 1. The average molecular weight is 287 g/mol. The molecule has 0 heterocycles. The van der Waals surface area contributed by atoms with Gasteiger partial charge in [0.2, 0.25) is 5.91 Å². The van der Waals surface area contributed by atoms with Crippen molar-refractivity contribution in [2.45, 2.75) is 39.7 Å². The number of carbonyl (C=O) groups excluding carboxylic acids is 2. The van der Waals surface area contributed by atoms with Crippen LogP contribution in [0.4, 0.5) is 4.79 Å². The summed E-state index contributed by atoms with van der Waals surface area (Å²) in [6.07, 6.45) is 0.398. The quantitative estimate of drug-likeness (QED) is 0.610. The van der Waals surface area contributed by atoms with Crippen molar-refractivity contribution in [1.82, 2.24) is 15.5 Å². The van der Waals surface area contributed by atoms with Gasteiger partial charge < -0.3 is 20.6 Å². The highest BCUT2D eigenvalue weighted by atomic mass is 16.4. The molecule has 0 spiro atoms. The Labute approximate surface area is 119 Å². The fraction of sp³-hybridized carbons (Fsp3) is 0.769. The molecule has 0 aromatic heterocycles. The van der Waals surface area contributed by atoms with E-state index in [0.717, 1.165) is 0 Å². The number of amides is 3. The average Bonchev–Trinajstić information content (AvgIpc) is 2.34. The van der Waals surface area contributed by atoms with Crippen molar-refractivity contribution in [1.29, 1.82) is 0 Å². The molecular formula is C13H25N3O4. The third kappa shape index (κ3) is 8.34. The zero-order valence-corrected chi connectivity index (χ0v) is 12.6. The van der Waals surface area contributed by atoms with Gasteiger partial charge in [-0.25, -0.2) is 4.79 Å². The van der Waals surface area contributed by atoms with E-state index in [2.05, 4.69) is 10.6 Å². The molecule has 0 aliphatic heterocycles. The second-order valence-corrected chi connectivity index (χ2v) is 5.23. The molecule has 0 aliphatic rings. The first-order chi connectivity index (χ1) is 9.23. The molecule has 0 saturated carbocycles. The van der Waals surface area contributed by atoms with E-state index in [-0.39, 0.29) is 18.4 Å². The van der Waals surface area contributed by atoms with E-state index >= 15 is 0 Å². The molecule has 1 unspecified atom stereocenters. The zero-order chi connectivity index (χ0) is 15.7. The molecule has 0 radical (unpaired) electrons.